The summed E-state index contributed by atoms with van der Waals surface area (Å²) in [4.78, 5) is 17.8. The van der Waals surface area contributed by atoms with E-state index >= 15 is 0 Å². The molecule has 1 aliphatic heterocycles. The monoisotopic (exact) mass is 526 g/mol. The molecule has 0 spiro atoms. The van der Waals surface area contributed by atoms with Crippen LogP contribution in [0.3, 0.4) is 0 Å². The fourth-order valence-electron chi connectivity index (χ4n) is 2.68. The second-order valence-electron chi connectivity index (χ2n) is 6.91. The minimum Gasteiger partial charge on any atom is -0.434 e. The first-order chi connectivity index (χ1) is 13.3. The van der Waals surface area contributed by atoms with Gasteiger partial charge < -0.3 is 25.0 Å². The van der Waals surface area contributed by atoms with E-state index in [2.05, 4.69) is 20.4 Å². The zero-order valence-corrected chi connectivity index (χ0v) is 19.2. The highest BCUT2D eigenvalue weighted by atomic mass is 127. The highest BCUT2D eigenvalue weighted by Gasteiger charge is 2.16. The quantitative estimate of drug-likeness (QED) is 0.309. The number of alkyl halides is 2. The summed E-state index contributed by atoms with van der Waals surface area (Å²) in [5, 5.41) is 6.19. The van der Waals surface area contributed by atoms with Crippen LogP contribution in [-0.2, 0) is 16.1 Å². The van der Waals surface area contributed by atoms with Crippen molar-refractivity contribution in [3.8, 4) is 5.75 Å². The molecule has 0 saturated carbocycles. The topological polar surface area (TPSA) is 75.2 Å². The lowest BCUT2D eigenvalue weighted by Gasteiger charge is -2.17. The molecule has 1 aliphatic rings. The number of rotatable bonds is 8. The van der Waals surface area contributed by atoms with Crippen LogP contribution >= 0.6 is 24.0 Å². The Bertz CT molecular complexity index is 683. The Kier molecular flexibility index (Phi) is 11.2. The largest absolute Gasteiger partial charge is 0.434 e. The number of guanidine groups is 1. The van der Waals surface area contributed by atoms with Crippen molar-refractivity contribution in [3.05, 3.63) is 29.3 Å². The lowest BCUT2D eigenvalue weighted by atomic mass is 10.1. The third-order valence-corrected chi connectivity index (χ3v) is 4.33. The number of nitrogens with zero attached hydrogens (tertiary/aromatic N) is 2. The van der Waals surface area contributed by atoms with Crippen LogP contribution in [-0.4, -0.2) is 63.8 Å². The molecule has 164 valence electrons. The van der Waals surface area contributed by atoms with E-state index in [1.54, 1.807) is 26.2 Å². The second kappa shape index (κ2) is 12.8. The van der Waals surface area contributed by atoms with Crippen LogP contribution in [0.1, 0.15) is 17.5 Å². The summed E-state index contributed by atoms with van der Waals surface area (Å²) < 4.78 is 35.2. The maximum Gasteiger partial charge on any atom is 0.387 e. The first-order valence-electron chi connectivity index (χ1n) is 9.19. The van der Waals surface area contributed by atoms with Gasteiger partial charge in [-0.1, -0.05) is 17.7 Å². The molecular weight excluding hydrogens is 497 g/mol. The number of amides is 1. The Morgan fingerprint density at radius 2 is 2.14 bits per heavy atom. The predicted octanol–water partition coefficient (Wildman–Crippen LogP) is 2.37. The number of hydrogen-bond donors (Lipinski definition) is 2. The van der Waals surface area contributed by atoms with Gasteiger partial charge in [0.1, 0.15) is 5.75 Å². The third-order valence-electron chi connectivity index (χ3n) is 4.33. The van der Waals surface area contributed by atoms with Crippen molar-refractivity contribution in [1.29, 1.82) is 0 Å². The minimum absolute atomic E-state index is 0. The lowest BCUT2D eigenvalue weighted by Crippen LogP contribution is -2.44. The summed E-state index contributed by atoms with van der Waals surface area (Å²) in [6.07, 6.45) is 0.959. The summed E-state index contributed by atoms with van der Waals surface area (Å²) in [5.41, 5.74) is 1.46. The molecule has 7 nitrogen and oxygen atoms in total. The molecule has 1 saturated heterocycles. The number of aryl methyl sites for hydroxylation is 1. The van der Waals surface area contributed by atoms with Gasteiger partial charge in [0.25, 0.3) is 0 Å². The molecule has 29 heavy (non-hydrogen) atoms. The number of hydrogen-bond acceptors (Lipinski definition) is 4. The van der Waals surface area contributed by atoms with Crippen molar-refractivity contribution >= 4 is 35.8 Å². The van der Waals surface area contributed by atoms with Crippen molar-refractivity contribution in [2.75, 3.05) is 40.4 Å². The Morgan fingerprint density at radius 3 is 2.76 bits per heavy atom. The highest BCUT2D eigenvalue weighted by molar-refractivity contribution is 14.0. The maximum atomic E-state index is 12.6. The summed E-state index contributed by atoms with van der Waals surface area (Å²) in [6, 6.07) is 4.98. The number of benzene rings is 1. The Labute approximate surface area is 187 Å². The summed E-state index contributed by atoms with van der Waals surface area (Å²) >= 11 is 0. The number of carbonyl (C=O) groups is 1. The molecule has 0 aliphatic carbocycles. The molecule has 10 heteroatoms. The van der Waals surface area contributed by atoms with E-state index < -0.39 is 6.61 Å². The molecule has 1 amide bonds. The van der Waals surface area contributed by atoms with Gasteiger partial charge in [0.15, 0.2) is 5.96 Å². The molecule has 1 unspecified atom stereocenters. The van der Waals surface area contributed by atoms with Gasteiger partial charge in [-0.05, 0) is 19.4 Å². The summed E-state index contributed by atoms with van der Waals surface area (Å²) in [6.45, 7) is 1.25. The van der Waals surface area contributed by atoms with Crippen molar-refractivity contribution in [3.63, 3.8) is 0 Å². The Balaban J connectivity index is 0.00000420. The van der Waals surface area contributed by atoms with E-state index in [1.807, 2.05) is 6.92 Å². The zero-order chi connectivity index (χ0) is 20.5. The smallest absolute Gasteiger partial charge is 0.387 e. The van der Waals surface area contributed by atoms with E-state index in [0.717, 1.165) is 18.6 Å². The third kappa shape index (κ3) is 9.11. The average Bonchev–Trinajstić information content (AvgIpc) is 3.15. The number of ether oxygens (including phenoxy) is 2. The van der Waals surface area contributed by atoms with Gasteiger partial charge in [-0.2, -0.15) is 8.78 Å². The highest BCUT2D eigenvalue weighted by Crippen LogP contribution is 2.23. The number of likely N-dealkylation sites (N-methyl/N-ethyl adjacent to an activating group) is 1. The van der Waals surface area contributed by atoms with Crippen LogP contribution in [0.15, 0.2) is 23.2 Å². The molecule has 0 radical (unpaired) electrons. The standard InChI is InChI=1S/C19H28F2N4O3.HI/c1-13-4-5-16(28-18(20)21)15(8-13)10-23-19(24-11-17(26)25(2)3)22-9-14-6-7-27-12-14;/h4-5,8,14,18H,6-7,9-12H2,1-3H3,(H2,22,23,24);1H. The number of nitrogens with one attached hydrogen (secondary N) is 2. The summed E-state index contributed by atoms with van der Waals surface area (Å²) in [5.74, 6) is 0.799. The van der Waals surface area contributed by atoms with Crippen molar-refractivity contribution < 1.29 is 23.0 Å². The normalized spacial score (nSPS) is 16.3. The molecule has 2 rings (SSSR count). The molecular formula is C19H29F2IN4O3. The van der Waals surface area contributed by atoms with Gasteiger partial charge in [0.05, 0.1) is 19.7 Å². The van der Waals surface area contributed by atoms with Gasteiger partial charge in [0, 0.05) is 38.7 Å². The van der Waals surface area contributed by atoms with Crippen LogP contribution in [0.2, 0.25) is 0 Å². The SMILES string of the molecule is Cc1ccc(OC(F)F)c(CN=C(NCC(=O)N(C)C)NCC2CCOC2)c1.I. The van der Waals surface area contributed by atoms with E-state index in [9.17, 15) is 13.6 Å². The van der Waals surface area contributed by atoms with Crippen molar-refractivity contribution in [2.24, 2.45) is 10.9 Å². The first kappa shape index (κ1) is 25.3. The lowest BCUT2D eigenvalue weighted by molar-refractivity contribution is -0.127. The van der Waals surface area contributed by atoms with Gasteiger partial charge in [-0.25, -0.2) is 4.99 Å². The molecule has 1 aromatic rings. The molecule has 1 atom stereocenters. The van der Waals surface area contributed by atoms with Crippen LogP contribution in [0, 0.1) is 12.8 Å². The van der Waals surface area contributed by atoms with Gasteiger partial charge in [0.2, 0.25) is 5.91 Å². The second-order valence-corrected chi connectivity index (χ2v) is 6.91. The molecule has 0 bridgehead atoms. The fraction of sp³-hybridized carbons (Fsp3) is 0.579. The van der Waals surface area contributed by atoms with Crippen molar-refractivity contribution in [2.45, 2.75) is 26.5 Å². The van der Waals surface area contributed by atoms with E-state index in [-0.39, 0.29) is 48.7 Å². The number of carbonyl (C=O) groups excluding carboxylic acids is 1. The van der Waals surface area contributed by atoms with Gasteiger partial charge in [-0.3, -0.25) is 4.79 Å². The van der Waals surface area contributed by atoms with E-state index in [4.69, 9.17) is 4.74 Å². The zero-order valence-electron chi connectivity index (χ0n) is 16.9. The Morgan fingerprint density at radius 1 is 1.38 bits per heavy atom. The number of halogens is 3. The average molecular weight is 526 g/mol. The first-order valence-corrected chi connectivity index (χ1v) is 9.19. The Hall–Kier alpha value is -1.69. The fourth-order valence-corrected chi connectivity index (χ4v) is 2.68. The molecule has 1 aromatic carbocycles. The predicted molar refractivity (Wildman–Crippen MR) is 118 cm³/mol. The van der Waals surface area contributed by atoms with Crippen molar-refractivity contribution in [1.82, 2.24) is 15.5 Å². The van der Waals surface area contributed by atoms with Gasteiger partial charge >= 0.3 is 6.61 Å². The van der Waals surface area contributed by atoms with Crippen LogP contribution in [0.5, 0.6) is 5.75 Å². The maximum absolute atomic E-state index is 12.6. The molecule has 1 heterocycles. The molecule has 2 N–H and O–H groups in total. The van der Waals surface area contributed by atoms with Crippen LogP contribution in [0.4, 0.5) is 8.78 Å². The number of aliphatic imine (C=N–C) groups is 1. The summed E-state index contributed by atoms with van der Waals surface area (Å²) in [7, 11) is 3.34. The van der Waals surface area contributed by atoms with E-state index in [1.165, 1.54) is 11.0 Å². The van der Waals surface area contributed by atoms with Gasteiger partial charge in [-0.15, -0.1) is 24.0 Å². The molecule has 0 aromatic heterocycles. The minimum atomic E-state index is -2.90. The van der Waals surface area contributed by atoms with E-state index in [0.29, 0.717) is 30.6 Å². The van der Waals surface area contributed by atoms with Crippen LogP contribution in [0.25, 0.3) is 0 Å². The van der Waals surface area contributed by atoms with Crippen LogP contribution < -0.4 is 15.4 Å². The molecule has 1 fully saturated rings.